The molecule has 0 saturated heterocycles. The van der Waals surface area contributed by atoms with Crippen LogP contribution in [0.3, 0.4) is 0 Å². The molecule has 0 aliphatic carbocycles. The molecule has 1 atom stereocenters. The van der Waals surface area contributed by atoms with Crippen LogP contribution in [0.15, 0.2) is 18.5 Å². The van der Waals surface area contributed by atoms with Crippen molar-refractivity contribution in [2.24, 2.45) is 5.92 Å². The third-order valence-corrected chi connectivity index (χ3v) is 2.72. The van der Waals surface area contributed by atoms with Crippen LogP contribution in [0.2, 0.25) is 0 Å². The normalized spacial score (nSPS) is 12.8. The van der Waals surface area contributed by atoms with Crippen molar-refractivity contribution in [3.63, 3.8) is 0 Å². The minimum absolute atomic E-state index is 0.373. The van der Waals surface area contributed by atoms with Crippen molar-refractivity contribution in [3.05, 3.63) is 24.0 Å². The average molecular weight is 236 g/mol. The molecule has 1 heterocycles. The molecule has 96 valence electrons. The van der Waals surface area contributed by atoms with Crippen LogP contribution >= 0.6 is 0 Å². The van der Waals surface area contributed by atoms with E-state index in [9.17, 15) is 0 Å². The number of nitrogens with one attached hydrogen (secondary N) is 1. The summed E-state index contributed by atoms with van der Waals surface area (Å²) in [5.74, 6) is 1.49. The van der Waals surface area contributed by atoms with E-state index in [1.807, 2.05) is 6.20 Å². The molecule has 0 aliphatic heterocycles. The molecule has 0 bridgehead atoms. The van der Waals surface area contributed by atoms with E-state index in [1.54, 1.807) is 13.3 Å². The third kappa shape index (κ3) is 4.73. The van der Waals surface area contributed by atoms with Gasteiger partial charge in [-0.05, 0) is 36.9 Å². The largest absolute Gasteiger partial charge is 0.495 e. The van der Waals surface area contributed by atoms with Gasteiger partial charge in [0, 0.05) is 12.2 Å². The van der Waals surface area contributed by atoms with Crippen LogP contribution in [-0.2, 0) is 0 Å². The van der Waals surface area contributed by atoms with Gasteiger partial charge in [-0.25, -0.2) is 0 Å². The minimum atomic E-state index is 0.373. The number of rotatable bonds is 7. The first kappa shape index (κ1) is 14.0. The third-order valence-electron chi connectivity index (χ3n) is 2.72. The van der Waals surface area contributed by atoms with Crippen molar-refractivity contribution >= 4 is 0 Å². The van der Waals surface area contributed by atoms with Gasteiger partial charge in [0.1, 0.15) is 5.75 Å². The maximum Gasteiger partial charge on any atom is 0.137 e. The zero-order chi connectivity index (χ0) is 12.7. The van der Waals surface area contributed by atoms with Gasteiger partial charge in [0.25, 0.3) is 0 Å². The number of pyridine rings is 1. The Labute approximate surface area is 105 Å². The quantitative estimate of drug-likeness (QED) is 0.789. The van der Waals surface area contributed by atoms with E-state index in [0.717, 1.165) is 25.1 Å². The van der Waals surface area contributed by atoms with Crippen molar-refractivity contribution in [2.45, 2.75) is 39.7 Å². The molecule has 1 N–H and O–H groups in total. The Morgan fingerprint density at radius 3 is 2.71 bits per heavy atom. The van der Waals surface area contributed by atoms with Crippen LogP contribution in [0.5, 0.6) is 5.75 Å². The van der Waals surface area contributed by atoms with E-state index in [2.05, 4.69) is 37.1 Å². The topological polar surface area (TPSA) is 34.2 Å². The summed E-state index contributed by atoms with van der Waals surface area (Å²) in [5.41, 5.74) is 1.21. The van der Waals surface area contributed by atoms with E-state index in [4.69, 9.17) is 4.74 Å². The highest BCUT2D eigenvalue weighted by molar-refractivity contribution is 5.25. The van der Waals surface area contributed by atoms with Gasteiger partial charge < -0.3 is 10.1 Å². The lowest BCUT2D eigenvalue weighted by Gasteiger charge is -2.21. The molecule has 1 rings (SSSR count). The van der Waals surface area contributed by atoms with Crippen molar-refractivity contribution in [3.8, 4) is 5.75 Å². The Balaban J connectivity index is 2.78. The van der Waals surface area contributed by atoms with Gasteiger partial charge in [-0.2, -0.15) is 0 Å². The summed E-state index contributed by atoms with van der Waals surface area (Å²) in [7, 11) is 1.68. The standard InChI is InChI=1S/C14H24N2O/c1-5-6-16-14(7-11(2)3)12-8-13(17-4)10-15-9-12/h8-11,14,16H,5-7H2,1-4H3. The van der Waals surface area contributed by atoms with Crippen molar-refractivity contribution in [2.75, 3.05) is 13.7 Å². The van der Waals surface area contributed by atoms with Crippen LogP contribution in [-0.4, -0.2) is 18.6 Å². The molecule has 3 nitrogen and oxygen atoms in total. The second-order valence-corrected chi connectivity index (χ2v) is 4.79. The Hall–Kier alpha value is -1.09. The van der Waals surface area contributed by atoms with Crippen LogP contribution in [0.25, 0.3) is 0 Å². The fraction of sp³-hybridized carbons (Fsp3) is 0.643. The maximum absolute atomic E-state index is 5.22. The van der Waals surface area contributed by atoms with Gasteiger partial charge in [0.2, 0.25) is 0 Å². The molecule has 0 aliphatic rings. The molecule has 0 amide bonds. The van der Waals surface area contributed by atoms with E-state index >= 15 is 0 Å². The number of methoxy groups -OCH3 is 1. The molecule has 1 unspecified atom stereocenters. The summed E-state index contributed by atoms with van der Waals surface area (Å²) in [6, 6.07) is 2.44. The molecule has 0 radical (unpaired) electrons. The predicted molar refractivity (Wildman–Crippen MR) is 71.3 cm³/mol. The molecular weight excluding hydrogens is 212 g/mol. The van der Waals surface area contributed by atoms with Crippen LogP contribution < -0.4 is 10.1 Å². The Kier molecular flexibility index (Phi) is 5.98. The van der Waals surface area contributed by atoms with Gasteiger partial charge in [-0.3, -0.25) is 4.98 Å². The number of ether oxygens (including phenoxy) is 1. The van der Waals surface area contributed by atoms with Crippen LogP contribution in [0.1, 0.15) is 45.2 Å². The van der Waals surface area contributed by atoms with E-state index in [-0.39, 0.29) is 0 Å². The summed E-state index contributed by atoms with van der Waals surface area (Å²) in [6.45, 7) is 7.71. The second kappa shape index (κ2) is 7.28. The summed E-state index contributed by atoms with van der Waals surface area (Å²) in [6.07, 6.45) is 5.94. The highest BCUT2D eigenvalue weighted by Gasteiger charge is 2.13. The fourth-order valence-electron chi connectivity index (χ4n) is 1.87. The van der Waals surface area contributed by atoms with Crippen LogP contribution in [0.4, 0.5) is 0 Å². The van der Waals surface area contributed by atoms with Gasteiger partial charge >= 0.3 is 0 Å². The summed E-state index contributed by atoms with van der Waals surface area (Å²) in [5, 5.41) is 3.57. The predicted octanol–water partition coefficient (Wildman–Crippen LogP) is 3.18. The number of hydrogen-bond acceptors (Lipinski definition) is 3. The molecule has 0 fully saturated rings. The Bertz CT molecular complexity index is 326. The smallest absolute Gasteiger partial charge is 0.137 e. The van der Waals surface area contributed by atoms with E-state index < -0.39 is 0 Å². The van der Waals surface area contributed by atoms with Gasteiger partial charge in [0.15, 0.2) is 0 Å². The van der Waals surface area contributed by atoms with Crippen molar-refractivity contribution in [1.29, 1.82) is 0 Å². The van der Waals surface area contributed by atoms with Gasteiger partial charge in [-0.15, -0.1) is 0 Å². The molecule has 1 aromatic rings. The van der Waals surface area contributed by atoms with Crippen molar-refractivity contribution < 1.29 is 4.74 Å². The summed E-state index contributed by atoms with van der Waals surface area (Å²) in [4.78, 5) is 4.23. The lowest BCUT2D eigenvalue weighted by molar-refractivity contribution is 0.404. The number of nitrogens with zero attached hydrogens (tertiary/aromatic N) is 1. The zero-order valence-electron chi connectivity index (χ0n) is 11.4. The average Bonchev–Trinajstić information content (AvgIpc) is 2.34. The summed E-state index contributed by atoms with van der Waals surface area (Å²) >= 11 is 0. The summed E-state index contributed by atoms with van der Waals surface area (Å²) < 4.78 is 5.22. The SMILES string of the molecule is CCCNC(CC(C)C)c1cncc(OC)c1. The minimum Gasteiger partial charge on any atom is -0.495 e. The van der Waals surface area contributed by atoms with Gasteiger partial charge in [0.05, 0.1) is 13.3 Å². The molecule has 3 heteroatoms. The number of hydrogen-bond donors (Lipinski definition) is 1. The molecule has 0 saturated carbocycles. The van der Waals surface area contributed by atoms with E-state index in [1.165, 1.54) is 5.56 Å². The zero-order valence-corrected chi connectivity index (χ0v) is 11.4. The first-order chi connectivity index (χ1) is 8.17. The molecule has 17 heavy (non-hydrogen) atoms. The first-order valence-corrected chi connectivity index (χ1v) is 6.39. The molecule has 0 spiro atoms. The second-order valence-electron chi connectivity index (χ2n) is 4.79. The molecule has 1 aromatic heterocycles. The van der Waals surface area contributed by atoms with Crippen molar-refractivity contribution in [1.82, 2.24) is 10.3 Å². The lowest BCUT2D eigenvalue weighted by atomic mass is 9.98. The fourth-order valence-corrected chi connectivity index (χ4v) is 1.87. The molecular formula is C14H24N2O. The maximum atomic E-state index is 5.22. The highest BCUT2D eigenvalue weighted by atomic mass is 16.5. The van der Waals surface area contributed by atoms with Crippen LogP contribution in [0, 0.1) is 5.92 Å². The first-order valence-electron chi connectivity index (χ1n) is 6.39. The van der Waals surface area contributed by atoms with Gasteiger partial charge in [-0.1, -0.05) is 20.8 Å². The molecule has 0 aromatic carbocycles. The lowest BCUT2D eigenvalue weighted by Crippen LogP contribution is -2.23. The Morgan fingerprint density at radius 2 is 2.12 bits per heavy atom. The van der Waals surface area contributed by atoms with E-state index in [0.29, 0.717) is 12.0 Å². The Morgan fingerprint density at radius 1 is 1.35 bits per heavy atom. The monoisotopic (exact) mass is 236 g/mol. The highest BCUT2D eigenvalue weighted by Crippen LogP contribution is 2.23. The number of aromatic nitrogens is 1.